The van der Waals surface area contributed by atoms with Crippen LogP contribution in [0.1, 0.15) is 19.8 Å². The zero-order chi connectivity index (χ0) is 11.2. The number of nitro groups is 2. The quantitative estimate of drug-likeness (QED) is 0.268. The normalized spacial score (nSPS) is 10.6. The summed E-state index contributed by atoms with van der Waals surface area (Å²) in [7, 11) is 0. The molecule has 0 spiro atoms. The molecule has 0 fully saturated rings. The second kappa shape index (κ2) is 5.15. The average Bonchev–Trinajstić information content (AvgIpc) is 2.11. The number of ether oxygens (including phenoxy) is 1. The lowest BCUT2D eigenvalue weighted by molar-refractivity contribution is -0.799. The minimum Gasteiger partial charge on any atom is -0.486 e. The molecule has 14 heavy (non-hydrogen) atoms. The van der Waals surface area contributed by atoms with Crippen molar-refractivity contribution in [2.45, 2.75) is 25.4 Å². The van der Waals surface area contributed by atoms with E-state index >= 15 is 0 Å². The van der Waals surface area contributed by atoms with Crippen molar-refractivity contribution >= 4 is 0 Å². The second-order valence-corrected chi connectivity index (χ2v) is 2.72. The summed E-state index contributed by atoms with van der Waals surface area (Å²) in [4.78, 5) is 19.4. The first kappa shape index (κ1) is 12.3. The fraction of sp³-hybridized carbons (Fsp3) is 0.714. The summed E-state index contributed by atoms with van der Waals surface area (Å²) in [5.41, 5.74) is -2.25. The molecule has 0 rings (SSSR count). The van der Waals surface area contributed by atoms with E-state index in [2.05, 4.69) is 11.3 Å². The van der Waals surface area contributed by atoms with Gasteiger partial charge in [-0.05, 0) is 6.42 Å². The first-order valence-electron chi connectivity index (χ1n) is 4.02. The van der Waals surface area contributed by atoms with Crippen LogP contribution in [0.5, 0.6) is 0 Å². The van der Waals surface area contributed by atoms with Gasteiger partial charge in [0.15, 0.2) is 0 Å². The maximum Gasteiger partial charge on any atom is 0.490 e. The minimum absolute atomic E-state index is 0.166. The molecule has 0 aliphatic heterocycles. The van der Waals surface area contributed by atoms with Crippen molar-refractivity contribution in [2.24, 2.45) is 0 Å². The third kappa shape index (κ3) is 2.41. The summed E-state index contributed by atoms with van der Waals surface area (Å²) in [6.07, 6.45) is 1.13. The predicted octanol–water partition coefficient (Wildman–Crippen LogP) is 1.20. The second-order valence-electron chi connectivity index (χ2n) is 2.72. The monoisotopic (exact) mass is 204 g/mol. The van der Waals surface area contributed by atoms with E-state index in [0.717, 1.165) is 6.26 Å². The maximum atomic E-state index is 10.6. The molecule has 0 aromatic carbocycles. The molecule has 0 radical (unpaired) electrons. The number of hydrogen-bond acceptors (Lipinski definition) is 5. The molecule has 0 N–H and O–H groups in total. The van der Waals surface area contributed by atoms with Crippen LogP contribution in [-0.4, -0.2) is 22.1 Å². The summed E-state index contributed by atoms with van der Waals surface area (Å²) in [5, 5.41) is 21.2. The van der Waals surface area contributed by atoms with Crippen molar-refractivity contribution < 1.29 is 14.6 Å². The highest BCUT2D eigenvalue weighted by Crippen LogP contribution is 2.18. The van der Waals surface area contributed by atoms with Gasteiger partial charge in [-0.15, -0.1) is 0 Å². The van der Waals surface area contributed by atoms with Gasteiger partial charge in [0.05, 0.1) is 12.7 Å². The summed E-state index contributed by atoms with van der Waals surface area (Å²) in [6, 6.07) is 0. The third-order valence-corrected chi connectivity index (χ3v) is 1.76. The molecule has 80 valence electrons. The topological polar surface area (TPSA) is 95.5 Å². The van der Waals surface area contributed by atoms with Crippen molar-refractivity contribution in [2.75, 3.05) is 6.61 Å². The zero-order valence-electron chi connectivity index (χ0n) is 7.84. The zero-order valence-corrected chi connectivity index (χ0v) is 7.84. The lowest BCUT2D eigenvalue weighted by Crippen LogP contribution is -2.49. The molecule has 0 heterocycles. The van der Waals surface area contributed by atoms with Gasteiger partial charge in [0.2, 0.25) is 6.61 Å². The molecular formula is C7H12N2O5. The molecule has 0 saturated heterocycles. The maximum absolute atomic E-state index is 10.6. The Kier molecular flexibility index (Phi) is 4.54. The fourth-order valence-corrected chi connectivity index (χ4v) is 1.02. The van der Waals surface area contributed by atoms with E-state index in [1.54, 1.807) is 6.92 Å². The van der Waals surface area contributed by atoms with Gasteiger partial charge in [-0.1, -0.05) is 13.5 Å². The summed E-state index contributed by atoms with van der Waals surface area (Å²) in [6.45, 7) is 4.22. The van der Waals surface area contributed by atoms with Gasteiger partial charge in [-0.3, -0.25) is 20.2 Å². The van der Waals surface area contributed by atoms with E-state index < -0.39 is 22.1 Å². The van der Waals surface area contributed by atoms with E-state index in [-0.39, 0.29) is 6.42 Å². The molecule has 7 heteroatoms. The Labute approximate surface area is 80.7 Å². The summed E-state index contributed by atoms with van der Waals surface area (Å²) >= 11 is 0. The lowest BCUT2D eigenvalue weighted by atomic mass is 10.1. The van der Waals surface area contributed by atoms with Crippen LogP contribution in [0.4, 0.5) is 0 Å². The lowest BCUT2D eigenvalue weighted by Gasteiger charge is -2.15. The average molecular weight is 204 g/mol. The van der Waals surface area contributed by atoms with Crippen LogP contribution in [-0.2, 0) is 4.74 Å². The molecule has 0 aromatic rings. The Bertz CT molecular complexity index is 226. The van der Waals surface area contributed by atoms with Crippen LogP contribution in [0, 0.1) is 20.2 Å². The van der Waals surface area contributed by atoms with E-state index in [9.17, 15) is 20.2 Å². The standard InChI is InChI=1S/C7H12N2O5/c1-3-5-7(8(10)11,9(12)13)6-14-4-2/h4H,2-3,5-6H2,1H3. The highest BCUT2D eigenvalue weighted by atomic mass is 16.7. The molecule has 0 aliphatic carbocycles. The SMILES string of the molecule is C=COCC(CCC)([N+](=O)[O-])[N+](=O)[O-]. The van der Waals surface area contributed by atoms with E-state index in [1.165, 1.54) is 0 Å². The fourth-order valence-electron chi connectivity index (χ4n) is 1.02. The molecule has 0 unspecified atom stereocenters. The van der Waals surface area contributed by atoms with E-state index in [0.29, 0.717) is 6.42 Å². The van der Waals surface area contributed by atoms with Crippen LogP contribution in [0.3, 0.4) is 0 Å². The van der Waals surface area contributed by atoms with Gasteiger partial charge in [0, 0.05) is 0 Å². The molecule has 0 amide bonds. The number of nitrogens with zero attached hydrogens (tertiary/aromatic N) is 2. The van der Waals surface area contributed by atoms with Crippen molar-refractivity contribution in [1.82, 2.24) is 0 Å². The first-order valence-corrected chi connectivity index (χ1v) is 4.02. The molecule has 0 bridgehead atoms. The molecule has 7 nitrogen and oxygen atoms in total. The summed E-state index contributed by atoms with van der Waals surface area (Å²) < 4.78 is 4.55. The molecule has 0 atom stereocenters. The van der Waals surface area contributed by atoms with E-state index in [1.807, 2.05) is 0 Å². The third-order valence-electron chi connectivity index (χ3n) is 1.76. The highest BCUT2D eigenvalue weighted by Gasteiger charge is 2.56. The van der Waals surface area contributed by atoms with Gasteiger partial charge in [-0.2, -0.15) is 0 Å². The highest BCUT2D eigenvalue weighted by molar-refractivity contribution is 4.67. The molecule has 0 saturated carbocycles. The van der Waals surface area contributed by atoms with Gasteiger partial charge in [-0.25, -0.2) is 0 Å². The largest absolute Gasteiger partial charge is 0.490 e. The predicted molar refractivity (Wildman–Crippen MR) is 47.8 cm³/mol. The van der Waals surface area contributed by atoms with Crippen molar-refractivity contribution in [3.63, 3.8) is 0 Å². The van der Waals surface area contributed by atoms with E-state index in [4.69, 9.17) is 0 Å². The van der Waals surface area contributed by atoms with Crippen LogP contribution >= 0.6 is 0 Å². The van der Waals surface area contributed by atoms with Crippen molar-refractivity contribution in [1.29, 1.82) is 0 Å². The van der Waals surface area contributed by atoms with Crippen LogP contribution in [0.15, 0.2) is 12.8 Å². The van der Waals surface area contributed by atoms with Gasteiger partial charge >= 0.3 is 5.66 Å². The Morgan fingerprint density at radius 2 is 1.93 bits per heavy atom. The Morgan fingerprint density at radius 3 is 2.21 bits per heavy atom. The van der Waals surface area contributed by atoms with Crippen molar-refractivity contribution in [3.8, 4) is 0 Å². The van der Waals surface area contributed by atoms with Crippen LogP contribution in [0.2, 0.25) is 0 Å². The Morgan fingerprint density at radius 1 is 1.43 bits per heavy atom. The minimum atomic E-state index is -2.25. The van der Waals surface area contributed by atoms with Gasteiger partial charge in [0.25, 0.3) is 0 Å². The van der Waals surface area contributed by atoms with Gasteiger partial charge in [0.1, 0.15) is 9.85 Å². The van der Waals surface area contributed by atoms with Gasteiger partial charge < -0.3 is 4.74 Å². The van der Waals surface area contributed by atoms with Crippen LogP contribution < -0.4 is 0 Å². The van der Waals surface area contributed by atoms with Crippen molar-refractivity contribution in [3.05, 3.63) is 33.1 Å². The number of hydrogen-bond donors (Lipinski definition) is 0. The first-order chi connectivity index (χ1) is 6.51. The molecule has 0 aliphatic rings. The smallest absolute Gasteiger partial charge is 0.486 e. The Balaban J connectivity index is 4.83. The van der Waals surface area contributed by atoms with Crippen LogP contribution in [0.25, 0.3) is 0 Å². The summed E-state index contributed by atoms with van der Waals surface area (Å²) in [5.74, 6) is 0. The molecular weight excluding hydrogens is 192 g/mol. The molecule has 0 aromatic heterocycles. The number of rotatable bonds is 7. The Hall–Kier alpha value is -1.66.